The number of anilines is 1. The number of hydrogen-bond acceptors (Lipinski definition) is 4. The number of aromatic amines is 1. The molecule has 3 rings (SSSR count). The number of H-pyrrole nitrogens is 1. The van der Waals surface area contributed by atoms with Crippen molar-refractivity contribution in [3.63, 3.8) is 0 Å². The lowest BCUT2D eigenvalue weighted by Crippen LogP contribution is -2.21. The molecule has 0 aliphatic rings. The Bertz CT molecular complexity index is 665. The van der Waals surface area contributed by atoms with Crippen LogP contribution in [-0.2, 0) is 0 Å². The number of imidazole rings is 1. The van der Waals surface area contributed by atoms with Crippen LogP contribution in [0.3, 0.4) is 0 Å². The van der Waals surface area contributed by atoms with Crippen molar-refractivity contribution in [2.45, 2.75) is 13.8 Å². The lowest BCUT2D eigenvalue weighted by atomic mass is 10.2. The smallest absolute Gasteiger partial charge is 0.197 e. The number of benzene rings is 1. The van der Waals surface area contributed by atoms with Gasteiger partial charge in [0.05, 0.1) is 0 Å². The molecule has 5 heteroatoms. The highest BCUT2D eigenvalue weighted by molar-refractivity contribution is 5.72. The first-order chi connectivity index (χ1) is 9.81. The van der Waals surface area contributed by atoms with Crippen molar-refractivity contribution in [2.75, 3.05) is 18.0 Å². The van der Waals surface area contributed by atoms with Crippen LogP contribution >= 0.6 is 0 Å². The quantitative estimate of drug-likeness (QED) is 0.789. The van der Waals surface area contributed by atoms with Crippen molar-refractivity contribution in [2.24, 2.45) is 0 Å². The van der Waals surface area contributed by atoms with E-state index in [0.29, 0.717) is 5.65 Å². The predicted octanol–water partition coefficient (Wildman–Crippen LogP) is 2.87. The van der Waals surface area contributed by atoms with Gasteiger partial charge in [-0.1, -0.05) is 0 Å². The van der Waals surface area contributed by atoms with Crippen LogP contribution in [0.2, 0.25) is 0 Å². The third-order valence-corrected chi connectivity index (χ3v) is 3.40. The van der Waals surface area contributed by atoms with Gasteiger partial charge in [-0.25, -0.2) is 15.0 Å². The highest BCUT2D eigenvalue weighted by Gasteiger charge is 2.07. The Balaban J connectivity index is 1.94. The molecule has 0 saturated carbocycles. The summed E-state index contributed by atoms with van der Waals surface area (Å²) < 4.78 is 0. The normalized spacial score (nSPS) is 10.9. The van der Waals surface area contributed by atoms with Gasteiger partial charge in [0.1, 0.15) is 5.82 Å². The first kappa shape index (κ1) is 12.6. The Morgan fingerprint density at radius 3 is 2.35 bits per heavy atom. The third-order valence-electron chi connectivity index (χ3n) is 3.40. The number of hydrogen-bond donors (Lipinski definition) is 1. The summed E-state index contributed by atoms with van der Waals surface area (Å²) in [6, 6.07) is 8.39. The van der Waals surface area contributed by atoms with E-state index in [4.69, 9.17) is 0 Å². The molecule has 1 N–H and O–H groups in total. The topological polar surface area (TPSA) is 57.7 Å². The zero-order valence-electron chi connectivity index (χ0n) is 11.7. The minimum Gasteiger partial charge on any atom is -0.372 e. The van der Waals surface area contributed by atoms with Crippen LogP contribution in [0.1, 0.15) is 13.8 Å². The molecule has 0 amide bonds. The van der Waals surface area contributed by atoms with E-state index in [1.54, 1.807) is 12.4 Å². The Kier molecular flexibility index (Phi) is 3.33. The van der Waals surface area contributed by atoms with E-state index in [2.05, 4.69) is 62.9 Å². The van der Waals surface area contributed by atoms with Crippen molar-refractivity contribution in [3.05, 3.63) is 36.7 Å². The van der Waals surface area contributed by atoms with Gasteiger partial charge in [-0.2, -0.15) is 0 Å². The van der Waals surface area contributed by atoms with Crippen molar-refractivity contribution in [3.8, 4) is 11.4 Å². The fourth-order valence-electron chi connectivity index (χ4n) is 2.30. The van der Waals surface area contributed by atoms with E-state index in [0.717, 1.165) is 30.1 Å². The predicted molar refractivity (Wildman–Crippen MR) is 80.7 cm³/mol. The summed E-state index contributed by atoms with van der Waals surface area (Å²) >= 11 is 0. The zero-order chi connectivity index (χ0) is 13.9. The van der Waals surface area contributed by atoms with E-state index in [-0.39, 0.29) is 0 Å². The molecule has 0 bridgehead atoms. The molecule has 3 aromatic rings. The number of fused-ring (bicyclic) bond motifs is 1. The van der Waals surface area contributed by atoms with Crippen LogP contribution in [0.15, 0.2) is 36.7 Å². The molecular formula is C15H17N5. The number of aromatic nitrogens is 4. The Morgan fingerprint density at radius 1 is 1.00 bits per heavy atom. The molecule has 0 saturated heterocycles. The van der Waals surface area contributed by atoms with Crippen molar-refractivity contribution in [1.29, 1.82) is 0 Å². The summed E-state index contributed by atoms with van der Waals surface area (Å²) in [5, 5.41) is 0. The maximum Gasteiger partial charge on any atom is 0.197 e. The molecule has 0 fully saturated rings. The lowest BCUT2D eigenvalue weighted by Gasteiger charge is -2.20. The maximum atomic E-state index is 4.46. The van der Waals surface area contributed by atoms with Crippen LogP contribution in [0.5, 0.6) is 0 Å². The Hall–Kier alpha value is -2.43. The summed E-state index contributed by atoms with van der Waals surface area (Å²) in [4.78, 5) is 18.4. The molecule has 0 spiro atoms. The van der Waals surface area contributed by atoms with E-state index in [1.165, 1.54) is 5.69 Å². The second-order valence-electron chi connectivity index (χ2n) is 4.53. The van der Waals surface area contributed by atoms with E-state index >= 15 is 0 Å². The second-order valence-corrected chi connectivity index (χ2v) is 4.53. The summed E-state index contributed by atoms with van der Waals surface area (Å²) in [5.74, 6) is 0.803. The average molecular weight is 267 g/mol. The Labute approximate surface area is 117 Å². The molecule has 0 aliphatic heterocycles. The lowest BCUT2D eigenvalue weighted by molar-refractivity contribution is 0.866. The van der Waals surface area contributed by atoms with Gasteiger partial charge in [0.2, 0.25) is 0 Å². The highest BCUT2D eigenvalue weighted by atomic mass is 15.1. The first-order valence-corrected chi connectivity index (χ1v) is 6.84. The first-order valence-electron chi connectivity index (χ1n) is 6.84. The van der Waals surface area contributed by atoms with Crippen LogP contribution in [0, 0.1) is 0 Å². The largest absolute Gasteiger partial charge is 0.372 e. The van der Waals surface area contributed by atoms with Crippen LogP contribution in [-0.4, -0.2) is 33.0 Å². The van der Waals surface area contributed by atoms with Gasteiger partial charge in [0, 0.05) is 36.7 Å². The van der Waals surface area contributed by atoms with E-state index in [9.17, 15) is 0 Å². The highest BCUT2D eigenvalue weighted by Crippen LogP contribution is 2.22. The Morgan fingerprint density at radius 2 is 1.70 bits per heavy atom. The van der Waals surface area contributed by atoms with Crippen LogP contribution in [0.4, 0.5) is 5.69 Å². The number of nitrogens with zero attached hydrogens (tertiary/aromatic N) is 4. The monoisotopic (exact) mass is 267 g/mol. The minimum absolute atomic E-state index is 0.648. The second kappa shape index (κ2) is 5.28. The molecule has 5 nitrogen and oxygen atoms in total. The molecule has 20 heavy (non-hydrogen) atoms. The summed E-state index contributed by atoms with van der Waals surface area (Å²) in [6.07, 6.45) is 3.31. The molecule has 0 aliphatic carbocycles. The summed E-state index contributed by atoms with van der Waals surface area (Å²) in [7, 11) is 0. The number of nitrogens with one attached hydrogen (secondary N) is 1. The van der Waals surface area contributed by atoms with Gasteiger partial charge in [-0.15, -0.1) is 0 Å². The molecule has 102 valence electrons. The van der Waals surface area contributed by atoms with E-state index in [1.807, 2.05) is 0 Å². The summed E-state index contributed by atoms with van der Waals surface area (Å²) in [5.41, 5.74) is 3.64. The van der Waals surface area contributed by atoms with Crippen LogP contribution in [0.25, 0.3) is 22.7 Å². The standard InChI is InChI=1S/C15H17N5/c1-3-20(4-2)12-7-5-11(6-8-12)13-18-14-15(19-13)17-10-9-16-14/h5-10H,3-4H2,1-2H3,(H,16,17,18,19). The average Bonchev–Trinajstić information content (AvgIpc) is 2.93. The van der Waals surface area contributed by atoms with Gasteiger partial charge in [0.15, 0.2) is 11.3 Å². The van der Waals surface area contributed by atoms with Crippen molar-refractivity contribution in [1.82, 2.24) is 19.9 Å². The number of rotatable bonds is 4. The molecule has 2 heterocycles. The van der Waals surface area contributed by atoms with E-state index < -0.39 is 0 Å². The molecule has 0 radical (unpaired) electrons. The minimum atomic E-state index is 0.648. The van der Waals surface area contributed by atoms with Crippen molar-refractivity contribution < 1.29 is 0 Å². The van der Waals surface area contributed by atoms with Gasteiger partial charge in [0.25, 0.3) is 0 Å². The maximum absolute atomic E-state index is 4.46. The SMILES string of the molecule is CCN(CC)c1ccc(-c2nc3nccnc3[nH]2)cc1. The van der Waals surface area contributed by atoms with Crippen molar-refractivity contribution >= 4 is 17.0 Å². The van der Waals surface area contributed by atoms with Gasteiger partial charge in [-0.3, -0.25) is 0 Å². The van der Waals surface area contributed by atoms with Gasteiger partial charge < -0.3 is 9.88 Å². The molecule has 1 aromatic carbocycles. The molecule has 2 aromatic heterocycles. The summed E-state index contributed by atoms with van der Waals surface area (Å²) in [6.45, 7) is 6.34. The third kappa shape index (κ3) is 2.22. The fourth-order valence-corrected chi connectivity index (χ4v) is 2.30. The van der Waals surface area contributed by atoms with Crippen LogP contribution < -0.4 is 4.90 Å². The fraction of sp³-hybridized carbons (Fsp3) is 0.267. The zero-order valence-corrected chi connectivity index (χ0v) is 11.7. The van der Waals surface area contributed by atoms with Gasteiger partial charge >= 0.3 is 0 Å². The molecule has 0 atom stereocenters. The molecular weight excluding hydrogens is 250 g/mol. The molecule has 0 unspecified atom stereocenters. The van der Waals surface area contributed by atoms with Gasteiger partial charge in [-0.05, 0) is 38.1 Å².